The lowest BCUT2D eigenvalue weighted by molar-refractivity contribution is 0.129. The summed E-state index contributed by atoms with van der Waals surface area (Å²) in [5, 5.41) is 20.3. The van der Waals surface area contributed by atoms with Crippen LogP contribution >= 0.6 is 0 Å². The molecule has 2 aliphatic rings. The number of aliphatic hydroxyl groups excluding tert-OH is 2. The normalized spacial score (nSPS) is 26.0. The SMILES string of the molecule is OC(C#CC(O)C1CCCCC1)C1CCCCCC1. The highest BCUT2D eigenvalue weighted by Gasteiger charge is 2.21. The summed E-state index contributed by atoms with van der Waals surface area (Å²) in [5.41, 5.74) is 0. The Hall–Kier alpha value is -0.520. The fraction of sp³-hybridized carbons (Fsp3) is 0.882. The summed E-state index contributed by atoms with van der Waals surface area (Å²) in [7, 11) is 0. The largest absolute Gasteiger partial charge is 0.380 e. The van der Waals surface area contributed by atoms with E-state index < -0.39 is 12.2 Å². The quantitative estimate of drug-likeness (QED) is 0.593. The van der Waals surface area contributed by atoms with Crippen LogP contribution in [0.4, 0.5) is 0 Å². The lowest BCUT2D eigenvalue weighted by Gasteiger charge is -2.23. The molecule has 2 aliphatic carbocycles. The molecule has 0 spiro atoms. The van der Waals surface area contributed by atoms with Crippen LogP contribution in [0.15, 0.2) is 0 Å². The maximum Gasteiger partial charge on any atom is 0.117 e. The summed E-state index contributed by atoms with van der Waals surface area (Å²) >= 11 is 0. The molecule has 2 nitrogen and oxygen atoms in total. The van der Waals surface area contributed by atoms with Gasteiger partial charge in [0.05, 0.1) is 0 Å². The number of hydrogen-bond donors (Lipinski definition) is 2. The van der Waals surface area contributed by atoms with Crippen LogP contribution in [-0.4, -0.2) is 22.4 Å². The predicted octanol–water partition coefficient (Wildman–Crippen LogP) is 3.26. The first-order chi connectivity index (χ1) is 9.27. The van der Waals surface area contributed by atoms with E-state index in [0.29, 0.717) is 11.8 Å². The average Bonchev–Trinajstić information content (AvgIpc) is 2.74. The maximum atomic E-state index is 10.2. The summed E-state index contributed by atoms with van der Waals surface area (Å²) in [4.78, 5) is 0. The molecule has 0 aliphatic heterocycles. The fourth-order valence-corrected chi connectivity index (χ4v) is 3.48. The van der Waals surface area contributed by atoms with Crippen molar-refractivity contribution in [1.82, 2.24) is 0 Å². The Bertz CT molecular complexity index is 301. The Balaban J connectivity index is 1.82. The standard InChI is InChI=1S/C17H28O2/c18-16(14-8-4-1-2-5-9-14)12-13-17(19)15-10-6-3-7-11-15/h14-19H,1-11H2. The van der Waals surface area contributed by atoms with E-state index in [-0.39, 0.29) is 0 Å². The molecule has 0 bridgehead atoms. The van der Waals surface area contributed by atoms with Crippen LogP contribution in [0.3, 0.4) is 0 Å². The lowest BCUT2D eigenvalue weighted by atomic mass is 9.85. The third kappa shape index (κ3) is 4.82. The molecule has 2 fully saturated rings. The highest BCUT2D eigenvalue weighted by Crippen LogP contribution is 2.27. The van der Waals surface area contributed by atoms with E-state index in [2.05, 4.69) is 11.8 Å². The van der Waals surface area contributed by atoms with E-state index in [1.54, 1.807) is 0 Å². The van der Waals surface area contributed by atoms with Crippen molar-refractivity contribution in [3.63, 3.8) is 0 Å². The zero-order chi connectivity index (χ0) is 13.5. The van der Waals surface area contributed by atoms with E-state index in [4.69, 9.17) is 0 Å². The van der Waals surface area contributed by atoms with E-state index in [1.807, 2.05) is 0 Å². The molecule has 2 atom stereocenters. The first kappa shape index (κ1) is 14.9. The average molecular weight is 264 g/mol. The second kappa shape index (κ2) is 7.92. The second-order valence-electron chi connectivity index (χ2n) is 6.33. The van der Waals surface area contributed by atoms with Gasteiger partial charge in [0.1, 0.15) is 12.2 Å². The van der Waals surface area contributed by atoms with Crippen molar-refractivity contribution in [1.29, 1.82) is 0 Å². The zero-order valence-corrected chi connectivity index (χ0v) is 12.0. The van der Waals surface area contributed by atoms with Gasteiger partial charge in [-0.25, -0.2) is 0 Å². The third-order valence-electron chi connectivity index (χ3n) is 4.82. The smallest absolute Gasteiger partial charge is 0.117 e. The molecular formula is C17H28O2. The lowest BCUT2D eigenvalue weighted by Crippen LogP contribution is -2.23. The van der Waals surface area contributed by atoms with Gasteiger partial charge in [-0.2, -0.15) is 0 Å². The molecule has 0 saturated heterocycles. The first-order valence-corrected chi connectivity index (χ1v) is 8.14. The molecule has 19 heavy (non-hydrogen) atoms. The molecule has 0 aromatic carbocycles. The van der Waals surface area contributed by atoms with Crippen molar-refractivity contribution in [3.8, 4) is 11.8 Å². The van der Waals surface area contributed by atoms with Crippen LogP contribution in [0.1, 0.15) is 70.6 Å². The van der Waals surface area contributed by atoms with Crippen LogP contribution in [0.25, 0.3) is 0 Å². The van der Waals surface area contributed by atoms with Crippen molar-refractivity contribution >= 4 is 0 Å². The third-order valence-corrected chi connectivity index (χ3v) is 4.82. The van der Waals surface area contributed by atoms with E-state index in [9.17, 15) is 10.2 Å². The summed E-state index contributed by atoms with van der Waals surface area (Å²) in [6, 6.07) is 0. The molecule has 0 heterocycles. The molecule has 108 valence electrons. The molecule has 0 amide bonds. The topological polar surface area (TPSA) is 40.5 Å². The van der Waals surface area contributed by atoms with Gasteiger partial charge in [0, 0.05) is 0 Å². The Morgan fingerprint density at radius 2 is 0.895 bits per heavy atom. The van der Waals surface area contributed by atoms with Gasteiger partial charge in [-0.15, -0.1) is 0 Å². The van der Waals surface area contributed by atoms with Gasteiger partial charge in [-0.3, -0.25) is 0 Å². The van der Waals surface area contributed by atoms with Gasteiger partial charge >= 0.3 is 0 Å². The molecule has 0 aromatic rings. The van der Waals surface area contributed by atoms with E-state index >= 15 is 0 Å². The van der Waals surface area contributed by atoms with Crippen LogP contribution in [-0.2, 0) is 0 Å². The van der Waals surface area contributed by atoms with Crippen LogP contribution in [0.2, 0.25) is 0 Å². The van der Waals surface area contributed by atoms with Crippen molar-refractivity contribution in [2.75, 3.05) is 0 Å². The van der Waals surface area contributed by atoms with E-state index in [1.165, 1.54) is 44.9 Å². The maximum absolute atomic E-state index is 10.2. The Morgan fingerprint density at radius 3 is 1.26 bits per heavy atom. The van der Waals surface area contributed by atoms with Gasteiger partial charge < -0.3 is 10.2 Å². The fourth-order valence-electron chi connectivity index (χ4n) is 3.48. The summed E-state index contributed by atoms with van der Waals surface area (Å²) in [6.45, 7) is 0. The minimum absolute atomic E-state index is 0.327. The zero-order valence-electron chi connectivity index (χ0n) is 12.0. The number of rotatable bonds is 2. The molecule has 2 N–H and O–H groups in total. The van der Waals surface area contributed by atoms with Crippen LogP contribution in [0.5, 0.6) is 0 Å². The minimum atomic E-state index is -0.531. The molecule has 0 aromatic heterocycles. The highest BCUT2D eigenvalue weighted by molar-refractivity contribution is 5.11. The van der Waals surface area contributed by atoms with E-state index in [0.717, 1.165) is 25.7 Å². The summed E-state index contributed by atoms with van der Waals surface area (Å²) in [5.74, 6) is 6.52. The summed E-state index contributed by atoms with van der Waals surface area (Å²) in [6.07, 6.45) is 12.1. The number of hydrogen-bond acceptors (Lipinski definition) is 2. The summed E-state index contributed by atoms with van der Waals surface area (Å²) < 4.78 is 0. The van der Waals surface area contributed by atoms with Gasteiger partial charge in [-0.1, -0.05) is 56.8 Å². The van der Waals surface area contributed by atoms with Crippen LogP contribution < -0.4 is 0 Å². The second-order valence-corrected chi connectivity index (χ2v) is 6.33. The first-order valence-electron chi connectivity index (χ1n) is 8.14. The molecule has 0 radical (unpaired) electrons. The van der Waals surface area contributed by atoms with Crippen molar-refractivity contribution in [2.45, 2.75) is 82.8 Å². The minimum Gasteiger partial charge on any atom is -0.380 e. The molecule has 2 unspecified atom stereocenters. The van der Waals surface area contributed by atoms with Crippen molar-refractivity contribution in [2.24, 2.45) is 11.8 Å². The molecule has 2 saturated carbocycles. The Labute approximate surface area is 117 Å². The molecule has 2 heteroatoms. The van der Waals surface area contributed by atoms with Crippen LogP contribution in [0, 0.1) is 23.7 Å². The van der Waals surface area contributed by atoms with Crippen molar-refractivity contribution in [3.05, 3.63) is 0 Å². The van der Waals surface area contributed by atoms with Gasteiger partial charge in [0.15, 0.2) is 0 Å². The Kier molecular flexibility index (Phi) is 6.20. The molecular weight excluding hydrogens is 236 g/mol. The molecule has 2 rings (SSSR count). The highest BCUT2D eigenvalue weighted by atomic mass is 16.3. The predicted molar refractivity (Wildman–Crippen MR) is 77.6 cm³/mol. The number of aliphatic hydroxyl groups is 2. The monoisotopic (exact) mass is 264 g/mol. The van der Waals surface area contributed by atoms with Gasteiger partial charge in [-0.05, 0) is 37.5 Å². The van der Waals surface area contributed by atoms with Gasteiger partial charge in [0.25, 0.3) is 0 Å². The van der Waals surface area contributed by atoms with Gasteiger partial charge in [0.2, 0.25) is 0 Å². The van der Waals surface area contributed by atoms with Crippen molar-refractivity contribution < 1.29 is 10.2 Å². The Morgan fingerprint density at radius 1 is 0.579 bits per heavy atom.